The minimum atomic E-state index is -1.25. The molecule has 0 bridgehead atoms. The number of carboxylic acid groups (broad SMARTS) is 1. The predicted octanol–water partition coefficient (Wildman–Crippen LogP) is 3.30. The van der Waals surface area contributed by atoms with Crippen LogP contribution in [0.5, 0.6) is 0 Å². The number of benzene rings is 2. The van der Waals surface area contributed by atoms with Gasteiger partial charge in [-0.3, -0.25) is 5.43 Å². The van der Waals surface area contributed by atoms with Crippen molar-refractivity contribution in [3.05, 3.63) is 75.5 Å². The number of hydrazone groups is 1. The highest BCUT2D eigenvalue weighted by Crippen LogP contribution is 2.23. The van der Waals surface area contributed by atoms with E-state index in [0.29, 0.717) is 27.1 Å². The van der Waals surface area contributed by atoms with E-state index in [4.69, 9.17) is 23.2 Å². The van der Waals surface area contributed by atoms with E-state index in [9.17, 15) is 9.90 Å². The number of nitrogens with one attached hydrogen (secondary N) is 1. The average molecular weight is 388 g/mol. The van der Waals surface area contributed by atoms with Crippen LogP contribution in [0, 0.1) is 6.92 Å². The molecule has 0 saturated carbocycles. The Kier molecular flexibility index (Phi) is 5.25. The van der Waals surface area contributed by atoms with Crippen molar-refractivity contribution >= 4 is 41.1 Å². The van der Waals surface area contributed by atoms with E-state index in [-0.39, 0.29) is 5.56 Å². The number of aryl methyl sites for hydroxylation is 1. The Morgan fingerprint density at radius 3 is 2.73 bits per heavy atom. The number of hydrogen-bond acceptors (Lipinski definition) is 5. The van der Waals surface area contributed by atoms with E-state index < -0.39 is 5.97 Å². The van der Waals surface area contributed by atoms with E-state index >= 15 is 0 Å². The molecule has 0 fully saturated rings. The summed E-state index contributed by atoms with van der Waals surface area (Å²) >= 11 is 12.4. The fourth-order valence-electron chi connectivity index (χ4n) is 2.32. The third-order valence-electron chi connectivity index (χ3n) is 3.59. The van der Waals surface area contributed by atoms with Crippen LogP contribution in [-0.4, -0.2) is 22.0 Å². The summed E-state index contributed by atoms with van der Waals surface area (Å²) in [7, 11) is 0. The molecule has 132 valence electrons. The zero-order valence-corrected chi connectivity index (χ0v) is 15.1. The van der Waals surface area contributed by atoms with Crippen molar-refractivity contribution in [3.8, 4) is 5.69 Å². The number of carbonyl (C=O) groups is 1. The minimum absolute atomic E-state index is 0.0631. The van der Waals surface area contributed by atoms with Crippen LogP contribution in [-0.2, 0) is 0 Å². The Labute approximate surface area is 159 Å². The fraction of sp³-hybridized carbons (Fsp3) is 0.0556. The molecule has 0 atom stereocenters. The van der Waals surface area contributed by atoms with Gasteiger partial charge in [0.1, 0.15) is 5.15 Å². The Hall–Kier alpha value is -2.83. The van der Waals surface area contributed by atoms with Crippen LogP contribution in [0.3, 0.4) is 0 Å². The highest BCUT2D eigenvalue weighted by atomic mass is 35.5. The molecule has 1 N–H and O–H groups in total. The van der Waals surface area contributed by atoms with Crippen LogP contribution in [0.2, 0.25) is 10.2 Å². The Balaban J connectivity index is 1.83. The first-order valence-corrected chi connectivity index (χ1v) is 8.33. The summed E-state index contributed by atoms with van der Waals surface area (Å²) < 4.78 is 1.57. The van der Waals surface area contributed by atoms with Crippen molar-refractivity contribution in [2.45, 2.75) is 6.92 Å². The van der Waals surface area contributed by atoms with Crippen molar-refractivity contribution in [1.29, 1.82) is 0 Å². The first kappa shape index (κ1) is 18.0. The molecular weight excluding hydrogens is 375 g/mol. The van der Waals surface area contributed by atoms with E-state index in [0.717, 1.165) is 5.69 Å². The van der Waals surface area contributed by atoms with Gasteiger partial charge in [0.2, 0.25) is 0 Å². The summed E-state index contributed by atoms with van der Waals surface area (Å²) in [5, 5.41) is 20.4. The number of aromatic carboxylic acids is 1. The number of aromatic nitrogens is 2. The molecule has 26 heavy (non-hydrogen) atoms. The fourth-order valence-corrected chi connectivity index (χ4v) is 2.83. The van der Waals surface area contributed by atoms with Gasteiger partial charge < -0.3 is 9.90 Å². The van der Waals surface area contributed by atoms with Gasteiger partial charge in [0, 0.05) is 5.02 Å². The highest BCUT2D eigenvalue weighted by molar-refractivity contribution is 6.32. The first-order valence-electron chi connectivity index (χ1n) is 7.57. The molecule has 0 spiro atoms. The van der Waals surface area contributed by atoms with Crippen LogP contribution in [0.25, 0.3) is 5.69 Å². The largest absolute Gasteiger partial charge is 0.545 e. The molecule has 3 aromatic rings. The Morgan fingerprint density at radius 1 is 1.23 bits per heavy atom. The van der Waals surface area contributed by atoms with E-state index in [1.165, 1.54) is 18.3 Å². The number of anilines is 1. The van der Waals surface area contributed by atoms with Crippen molar-refractivity contribution < 1.29 is 9.90 Å². The molecule has 0 unspecified atom stereocenters. The molecular formula is C18H13Cl2N4O2-. The number of hydrogen-bond donors (Lipinski definition) is 1. The lowest BCUT2D eigenvalue weighted by atomic mass is 10.2. The number of carbonyl (C=O) groups excluding carboxylic acids is 1. The van der Waals surface area contributed by atoms with Gasteiger partial charge in [-0.1, -0.05) is 41.4 Å². The Bertz CT molecular complexity index is 999. The average Bonchev–Trinajstić information content (AvgIpc) is 2.90. The molecule has 0 aliphatic rings. The second-order valence-corrected chi connectivity index (χ2v) is 6.21. The molecule has 8 heteroatoms. The lowest BCUT2D eigenvalue weighted by molar-refractivity contribution is -0.255. The quantitative estimate of drug-likeness (QED) is 0.537. The lowest BCUT2D eigenvalue weighted by Gasteiger charge is -2.05. The zero-order chi connectivity index (χ0) is 18.7. The molecule has 3 rings (SSSR count). The number of nitrogens with zero attached hydrogens (tertiary/aromatic N) is 3. The maximum atomic E-state index is 10.9. The van der Waals surface area contributed by atoms with Gasteiger partial charge in [-0.2, -0.15) is 10.2 Å². The van der Waals surface area contributed by atoms with Crippen molar-refractivity contribution in [1.82, 2.24) is 9.78 Å². The van der Waals surface area contributed by atoms with Crippen LogP contribution in [0.4, 0.5) is 5.69 Å². The number of carboxylic acids is 1. The highest BCUT2D eigenvalue weighted by Gasteiger charge is 2.13. The van der Waals surface area contributed by atoms with E-state index in [2.05, 4.69) is 15.6 Å². The van der Waals surface area contributed by atoms with Gasteiger partial charge in [0.15, 0.2) is 0 Å². The van der Waals surface area contributed by atoms with Crippen LogP contribution in [0.1, 0.15) is 21.6 Å². The summed E-state index contributed by atoms with van der Waals surface area (Å²) in [5.41, 5.74) is 5.39. The molecule has 0 aliphatic heterocycles. The van der Waals surface area contributed by atoms with Crippen molar-refractivity contribution in [3.63, 3.8) is 0 Å². The summed E-state index contributed by atoms with van der Waals surface area (Å²) in [6.07, 6.45) is 1.53. The van der Waals surface area contributed by atoms with Crippen molar-refractivity contribution in [2.75, 3.05) is 5.43 Å². The molecule has 0 saturated heterocycles. The maximum Gasteiger partial charge on any atom is 0.142 e. The first-order chi connectivity index (χ1) is 12.5. The SMILES string of the molecule is Cc1nn(-c2cccc(Cl)c2)c(Cl)c1/C=N\Nc1cccc(C(=O)[O-])c1. The monoisotopic (exact) mass is 387 g/mol. The normalized spacial score (nSPS) is 11.0. The standard InChI is InChI=1S/C18H14Cl2N4O2/c1-11-16(10-21-22-14-6-2-4-12(8-14)18(25)26)17(20)24(23-11)15-7-3-5-13(19)9-15/h2-10,22H,1H3,(H,25,26)/p-1/b21-10-. The summed E-state index contributed by atoms with van der Waals surface area (Å²) in [6, 6.07) is 13.3. The Morgan fingerprint density at radius 2 is 2.00 bits per heavy atom. The molecule has 0 aliphatic carbocycles. The molecule has 1 heterocycles. The lowest BCUT2D eigenvalue weighted by Crippen LogP contribution is -2.22. The van der Waals surface area contributed by atoms with Gasteiger partial charge >= 0.3 is 0 Å². The molecule has 2 aromatic carbocycles. The third kappa shape index (κ3) is 3.87. The third-order valence-corrected chi connectivity index (χ3v) is 4.19. The second kappa shape index (κ2) is 7.59. The predicted molar refractivity (Wildman–Crippen MR) is 100 cm³/mol. The van der Waals surface area contributed by atoms with Gasteiger partial charge in [0.05, 0.1) is 34.8 Å². The second-order valence-electron chi connectivity index (χ2n) is 5.42. The molecule has 0 radical (unpaired) electrons. The maximum absolute atomic E-state index is 10.9. The number of rotatable bonds is 5. The topological polar surface area (TPSA) is 82.3 Å². The van der Waals surface area contributed by atoms with Gasteiger partial charge in [-0.25, -0.2) is 4.68 Å². The van der Waals surface area contributed by atoms with Crippen molar-refractivity contribution in [2.24, 2.45) is 5.10 Å². The molecule has 6 nitrogen and oxygen atoms in total. The smallest absolute Gasteiger partial charge is 0.142 e. The van der Waals surface area contributed by atoms with E-state index in [1.807, 2.05) is 19.1 Å². The van der Waals surface area contributed by atoms with Crippen LogP contribution >= 0.6 is 23.2 Å². The molecule has 1 aromatic heterocycles. The number of halogens is 2. The zero-order valence-electron chi connectivity index (χ0n) is 13.6. The summed E-state index contributed by atoms with van der Waals surface area (Å²) in [6.45, 7) is 1.81. The van der Waals surface area contributed by atoms with Gasteiger partial charge in [-0.15, -0.1) is 0 Å². The van der Waals surface area contributed by atoms with Gasteiger partial charge in [0.25, 0.3) is 0 Å². The van der Waals surface area contributed by atoms with E-state index in [1.54, 1.807) is 28.9 Å². The molecule has 0 amide bonds. The van der Waals surface area contributed by atoms with Crippen LogP contribution in [0.15, 0.2) is 53.6 Å². The van der Waals surface area contributed by atoms with Gasteiger partial charge in [-0.05, 0) is 42.8 Å². The van der Waals surface area contributed by atoms with Crippen LogP contribution < -0.4 is 10.5 Å². The summed E-state index contributed by atoms with van der Waals surface area (Å²) in [4.78, 5) is 10.9. The minimum Gasteiger partial charge on any atom is -0.545 e. The summed E-state index contributed by atoms with van der Waals surface area (Å²) in [5.74, 6) is -1.25.